The molecule has 5 nitrogen and oxygen atoms in total. The molecule has 16 heavy (non-hydrogen) atoms. The van der Waals surface area contributed by atoms with Gasteiger partial charge in [0.2, 0.25) is 0 Å². The van der Waals surface area contributed by atoms with Crippen molar-refractivity contribution in [3.8, 4) is 0 Å². The third-order valence-corrected chi connectivity index (χ3v) is 2.09. The first-order chi connectivity index (χ1) is 7.76. The lowest BCUT2D eigenvalue weighted by Gasteiger charge is -2.17. The quantitative estimate of drug-likeness (QED) is 0.655. The van der Waals surface area contributed by atoms with Crippen molar-refractivity contribution in [3.05, 3.63) is 17.7 Å². The van der Waals surface area contributed by atoms with Crippen LogP contribution in [0.4, 0.5) is 0 Å². The summed E-state index contributed by atoms with van der Waals surface area (Å²) >= 11 is 0. The van der Waals surface area contributed by atoms with Crippen LogP contribution in [0, 0.1) is 6.92 Å². The molecule has 0 aromatic carbocycles. The molecule has 1 rings (SSSR count). The maximum Gasteiger partial charge on any atom is 0.169 e. The molecule has 2 N–H and O–H groups in total. The summed E-state index contributed by atoms with van der Waals surface area (Å²) in [6, 6.07) is 0. The Morgan fingerprint density at radius 3 is 2.56 bits per heavy atom. The number of rotatable bonds is 8. The van der Waals surface area contributed by atoms with Crippen LogP contribution >= 0.6 is 0 Å². The van der Waals surface area contributed by atoms with E-state index in [9.17, 15) is 0 Å². The summed E-state index contributed by atoms with van der Waals surface area (Å²) in [5, 5.41) is 3.26. The molecule has 0 aliphatic rings. The van der Waals surface area contributed by atoms with E-state index in [4.69, 9.17) is 9.47 Å². The first kappa shape index (κ1) is 13.2. The molecule has 0 aliphatic heterocycles. The molecule has 0 radical (unpaired) electrons. The van der Waals surface area contributed by atoms with Gasteiger partial charge in [0.1, 0.15) is 5.82 Å². The second kappa shape index (κ2) is 7.38. The van der Waals surface area contributed by atoms with Gasteiger partial charge in [-0.1, -0.05) is 0 Å². The Kier molecular flexibility index (Phi) is 6.07. The predicted molar refractivity (Wildman–Crippen MR) is 62.1 cm³/mol. The number of aromatic nitrogens is 2. The largest absolute Gasteiger partial charge is 0.352 e. The molecular formula is C11H21N3O2. The van der Waals surface area contributed by atoms with E-state index in [1.54, 1.807) is 0 Å². The average Bonchev–Trinajstić information content (AvgIpc) is 2.65. The number of H-pyrrole nitrogens is 1. The number of nitrogens with one attached hydrogen (secondary N) is 2. The molecule has 1 aromatic heterocycles. The summed E-state index contributed by atoms with van der Waals surface area (Å²) in [5.74, 6) is 0.933. The zero-order valence-electron chi connectivity index (χ0n) is 10.2. The zero-order valence-corrected chi connectivity index (χ0v) is 10.2. The molecule has 1 aromatic rings. The van der Waals surface area contributed by atoms with E-state index in [-0.39, 0.29) is 6.29 Å². The summed E-state index contributed by atoms with van der Waals surface area (Å²) in [6.45, 7) is 8.61. The van der Waals surface area contributed by atoms with Crippen LogP contribution in [0.2, 0.25) is 0 Å². The fourth-order valence-corrected chi connectivity index (χ4v) is 1.42. The minimum absolute atomic E-state index is 0.168. The van der Waals surface area contributed by atoms with Crippen LogP contribution in [0.15, 0.2) is 6.20 Å². The third-order valence-electron chi connectivity index (χ3n) is 2.09. The second-order valence-corrected chi connectivity index (χ2v) is 3.46. The molecule has 0 amide bonds. The van der Waals surface area contributed by atoms with Crippen molar-refractivity contribution in [1.82, 2.24) is 15.3 Å². The first-order valence-corrected chi connectivity index (χ1v) is 5.70. The fourth-order valence-electron chi connectivity index (χ4n) is 1.42. The summed E-state index contributed by atoms with van der Waals surface area (Å²) in [7, 11) is 0. The van der Waals surface area contributed by atoms with Crippen molar-refractivity contribution in [2.75, 3.05) is 19.8 Å². The van der Waals surface area contributed by atoms with E-state index in [0.717, 1.165) is 18.1 Å². The van der Waals surface area contributed by atoms with Crippen LogP contribution < -0.4 is 5.32 Å². The van der Waals surface area contributed by atoms with E-state index in [2.05, 4.69) is 15.3 Å². The lowest BCUT2D eigenvalue weighted by molar-refractivity contribution is -0.133. The Morgan fingerprint density at radius 1 is 1.38 bits per heavy atom. The van der Waals surface area contributed by atoms with Crippen molar-refractivity contribution in [2.24, 2.45) is 0 Å². The minimum Gasteiger partial charge on any atom is -0.352 e. The van der Waals surface area contributed by atoms with Gasteiger partial charge in [-0.2, -0.15) is 0 Å². The molecule has 0 aliphatic carbocycles. The number of hydrogen-bond acceptors (Lipinski definition) is 4. The highest BCUT2D eigenvalue weighted by Crippen LogP contribution is 1.97. The molecule has 0 bridgehead atoms. The predicted octanol–water partition coefficient (Wildman–Crippen LogP) is 1.21. The van der Waals surface area contributed by atoms with Crippen LogP contribution in [0.5, 0.6) is 0 Å². The van der Waals surface area contributed by atoms with E-state index >= 15 is 0 Å². The van der Waals surface area contributed by atoms with Gasteiger partial charge in [0.15, 0.2) is 6.29 Å². The van der Waals surface area contributed by atoms with Gasteiger partial charge in [-0.15, -0.1) is 0 Å². The standard InChI is InChI=1S/C11H21N3O2/c1-4-15-11(16-5-2)8-12-6-10-7-13-9(3)14-10/h7,11-12H,4-6,8H2,1-3H3,(H,13,14). The Labute approximate surface area is 96.6 Å². The summed E-state index contributed by atoms with van der Waals surface area (Å²) in [4.78, 5) is 7.29. The Morgan fingerprint density at radius 2 is 2.06 bits per heavy atom. The van der Waals surface area contributed by atoms with Crippen LogP contribution in [0.3, 0.4) is 0 Å². The smallest absolute Gasteiger partial charge is 0.169 e. The highest BCUT2D eigenvalue weighted by molar-refractivity contribution is 4.99. The van der Waals surface area contributed by atoms with E-state index in [1.165, 1.54) is 0 Å². The van der Waals surface area contributed by atoms with Gasteiger partial charge in [0.05, 0.1) is 0 Å². The number of nitrogens with zero attached hydrogens (tertiary/aromatic N) is 1. The molecule has 1 heterocycles. The lowest BCUT2D eigenvalue weighted by atomic mass is 10.4. The van der Waals surface area contributed by atoms with Crippen LogP contribution in [-0.2, 0) is 16.0 Å². The van der Waals surface area contributed by atoms with Crippen molar-refractivity contribution in [3.63, 3.8) is 0 Å². The topological polar surface area (TPSA) is 59.2 Å². The van der Waals surface area contributed by atoms with Crippen molar-refractivity contribution >= 4 is 0 Å². The number of hydrogen-bond donors (Lipinski definition) is 2. The number of imidazole rings is 1. The minimum atomic E-state index is -0.168. The monoisotopic (exact) mass is 227 g/mol. The van der Waals surface area contributed by atoms with Gasteiger partial charge in [-0.3, -0.25) is 0 Å². The Bertz CT molecular complexity index is 283. The van der Waals surface area contributed by atoms with Gasteiger partial charge in [0.25, 0.3) is 0 Å². The zero-order chi connectivity index (χ0) is 11.8. The van der Waals surface area contributed by atoms with Crippen LogP contribution in [0.25, 0.3) is 0 Å². The lowest BCUT2D eigenvalue weighted by Crippen LogP contribution is -2.31. The van der Waals surface area contributed by atoms with Gasteiger partial charge < -0.3 is 19.8 Å². The molecule has 0 spiro atoms. The summed E-state index contributed by atoms with van der Waals surface area (Å²) in [5.41, 5.74) is 1.07. The summed E-state index contributed by atoms with van der Waals surface area (Å²) < 4.78 is 10.8. The molecule has 5 heteroatoms. The van der Waals surface area contributed by atoms with Crippen molar-refractivity contribution < 1.29 is 9.47 Å². The molecular weight excluding hydrogens is 206 g/mol. The molecule has 92 valence electrons. The number of aromatic amines is 1. The molecule has 0 saturated heterocycles. The average molecular weight is 227 g/mol. The first-order valence-electron chi connectivity index (χ1n) is 5.70. The van der Waals surface area contributed by atoms with Crippen molar-refractivity contribution in [2.45, 2.75) is 33.6 Å². The Hall–Kier alpha value is -0.910. The second-order valence-electron chi connectivity index (χ2n) is 3.46. The number of aryl methyl sites for hydroxylation is 1. The summed E-state index contributed by atoms with van der Waals surface area (Å²) in [6.07, 6.45) is 1.66. The van der Waals surface area contributed by atoms with E-state index < -0.39 is 0 Å². The van der Waals surface area contributed by atoms with Gasteiger partial charge in [-0.25, -0.2) is 4.98 Å². The molecule has 0 saturated carbocycles. The Balaban J connectivity index is 2.21. The van der Waals surface area contributed by atoms with Gasteiger partial charge in [-0.05, 0) is 20.8 Å². The maximum absolute atomic E-state index is 5.41. The molecule has 0 unspecified atom stereocenters. The van der Waals surface area contributed by atoms with Gasteiger partial charge in [0, 0.05) is 38.2 Å². The van der Waals surface area contributed by atoms with E-state index in [1.807, 2.05) is 27.0 Å². The van der Waals surface area contributed by atoms with Crippen LogP contribution in [-0.4, -0.2) is 36.0 Å². The van der Waals surface area contributed by atoms with Crippen molar-refractivity contribution in [1.29, 1.82) is 0 Å². The highest BCUT2D eigenvalue weighted by atomic mass is 16.7. The molecule has 0 fully saturated rings. The fraction of sp³-hybridized carbons (Fsp3) is 0.727. The number of ether oxygens (including phenoxy) is 2. The van der Waals surface area contributed by atoms with E-state index in [0.29, 0.717) is 19.8 Å². The molecule has 0 atom stereocenters. The SMILES string of the molecule is CCOC(CNCc1cnc(C)[nH]1)OCC. The maximum atomic E-state index is 5.41. The third kappa shape index (κ3) is 4.74. The van der Waals surface area contributed by atoms with Crippen LogP contribution in [0.1, 0.15) is 25.4 Å². The highest BCUT2D eigenvalue weighted by Gasteiger charge is 2.07. The van der Waals surface area contributed by atoms with Gasteiger partial charge >= 0.3 is 0 Å². The normalized spacial score (nSPS) is 11.2.